The molecule has 1 aliphatic heterocycles. The van der Waals surface area contributed by atoms with Gasteiger partial charge in [-0.15, -0.1) is 0 Å². The van der Waals surface area contributed by atoms with Gasteiger partial charge in [0.15, 0.2) is 29.0 Å². The van der Waals surface area contributed by atoms with E-state index in [1.54, 1.807) is 10.6 Å². The van der Waals surface area contributed by atoms with E-state index in [9.17, 15) is 15.3 Å². The Kier molecular flexibility index (Phi) is 9.62. The first-order valence-corrected chi connectivity index (χ1v) is 16.5. The summed E-state index contributed by atoms with van der Waals surface area (Å²) in [6, 6.07) is 31.7. The summed E-state index contributed by atoms with van der Waals surface area (Å²) in [6.45, 7) is 2.29. The molecule has 1 unspecified atom stereocenters. The van der Waals surface area contributed by atoms with Crippen molar-refractivity contribution in [3.63, 3.8) is 0 Å². The molecule has 0 amide bonds. The number of aliphatic hydroxyl groups is 3. The summed E-state index contributed by atoms with van der Waals surface area (Å²) in [5.41, 5.74) is 4.87. The number of hydrogen-bond donors (Lipinski definition) is 5. The minimum absolute atomic E-state index is 0.00000813. The number of benzene rings is 3. The van der Waals surface area contributed by atoms with Gasteiger partial charge in [-0.1, -0.05) is 103 Å². The number of fused-ring (bicyclic) bond motifs is 1. The number of hydrogen-bond acceptors (Lipinski definition) is 11. The smallest absolute Gasteiger partial charge is 0.227 e. The third kappa shape index (κ3) is 6.90. The van der Waals surface area contributed by atoms with Crippen molar-refractivity contribution in [2.75, 3.05) is 23.8 Å². The van der Waals surface area contributed by atoms with Crippen LogP contribution in [-0.4, -0.2) is 71.4 Å². The van der Waals surface area contributed by atoms with Crippen molar-refractivity contribution in [2.45, 2.75) is 56.3 Å². The summed E-state index contributed by atoms with van der Waals surface area (Å²) in [4.78, 5) is 14.3. The van der Waals surface area contributed by atoms with E-state index < -0.39 is 24.5 Å². The maximum atomic E-state index is 11.2. The lowest BCUT2D eigenvalue weighted by Gasteiger charge is -2.21. The van der Waals surface area contributed by atoms with E-state index in [4.69, 9.17) is 19.2 Å². The van der Waals surface area contributed by atoms with E-state index >= 15 is 0 Å². The van der Waals surface area contributed by atoms with Crippen molar-refractivity contribution in [1.82, 2.24) is 24.7 Å². The average Bonchev–Trinajstić information content (AvgIpc) is 3.87. The van der Waals surface area contributed by atoms with E-state index in [0.29, 0.717) is 47.8 Å². The Balaban J connectivity index is 1.24. The maximum absolute atomic E-state index is 11.2. The highest BCUT2D eigenvalue weighted by atomic mass is 16.6. The summed E-state index contributed by atoms with van der Waals surface area (Å²) in [7, 11) is 0. The van der Waals surface area contributed by atoms with Gasteiger partial charge in [0, 0.05) is 18.5 Å². The Morgan fingerprint density at radius 2 is 1.55 bits per heavy atom. The molecule has 5 N–H and O–H groups in total. The Morgan fingerprint density at radius 3 is 2.18 bits per heavy atom. The normalized spacial score (nSPS) is 19.8. The van der Waals surface area contributed by atoms with Crippen LogP contribution in [0.3, 0.4) is 0 Å². The third-order valence-corrected chi connectivity index (χ3v) is 8.91. The summed E-state index contributed by atoms with van der Waals surface area (Å²) < 4.78 is 13.2. The van der Waals surface area contributed by atoms with E-state index in [0.717, 1.165) is 16.7 Å². The number of ether oxygens (including phenoxy) is 1. The van der Waals surface area contributed by atoms with Crippen LogP contribution in [-0.2, 0) is 17.6 Å². The second-order valence-corrected chi connectivity index (χ2v) is 12.2. The van der Waals surface area contributed by atoms with E-state index in [1.807, 2.05) is 73.7 Å². The lowest BCUT2D eigenvalue weighted by molar-refractivity contribution is -0.0434. The number of anilines is 2. The molecule has 0 aliphatic carbocycles. The largest absolute Gasteiger partial charge is 0.394 e. The van der Waals surface area contributed by atoms with Gasteiger partial charge in [-0.3, -0.25) is 4.57 Å². The molecular weight excluding hydrogens is 622 g/mol. The van der Waals surface area contributed by atoms with Crippen LogP contribution in [0.5, 0.6) is 0 Å². The molecule has 0 spiro atoms. The third-order valence-electron chi connectivity index (χ3n) is 8.91. The number of aromatic nitrogens is 5. The van der Waals surface area contributed by atoms with E-state index in [2.05, 4.69) is 45.0 Å². The predicted molar refractivity (Wildman–Crippen MR) is 184 cm³/mol. The first-order chi connectivity index (χ1) is 24.0. The van der Waals surface area contributed by atoms with Gasteiger partial charge in [-0.2, -0.15) is 9.97 Å². The van der Waals surface area contributed by atoms with Crippen LogP contribution in [0.1, 0.15) is 53.3 Å². The summed E-state index contributed by atoms with van der Waals surface area (Å²) in [5, 5.41) is 43.4. The Bertz CT molecular complexity index is 1910. The van der Waals surface area contributed by atoms with Crippen molar-refractivity contribution in [3.8, 4) is 0 Å². The molecule has 12 nitrogen and oxygen atoms in total. The predicted octanol–water partition coefficient (Wildman–Crippen LogP) is 4.63. The first kappa shape index (κ1) is 32.4. The van der Waals surface area contributed by atoms with Crippen molar-refractivity contribution in [2.24, 2.45) is 0 Å². The Morgan fingerprint density at radius 1 is 0.878 bits per heavy atom. The SMILES string of the molecule is CCc1cc([C@H]2O[C@@H](n3cnc4c(NCC(c5ccccc5)c5ccccc5)nc(NC(CO)Cc5ccccc5)nc43)[C@H](O)[C@@H]2O)on1. The molecule has 252 valence electrons. The number of nitrogens with zero attached hydrogens (tertiary/aromatic N) is 5. The zero-order valence-electron chi connectivity index (χ0n) is 27.0. The zero-order valence-corrected chi connectivity index (χ0v) is 27.0. The van der Waals surface area contributed by atoms with E-state index in [-0.39, 0.29) is 24.5 Å². The highest BCUT2D eigenvalue weighted by Crippen LogP contribution is 2.40. The van der Waals surface area contributed by atoms with Gasteiger partial charge in [0.1, 0.15) is 18.3 Å². The zero-order chi connectivity index (χ0) is 33.7. The monoisotopic (exact) mass is 661 g/mol. The molecule has 3 aromatic heterocycles. The quantitative estimate of drug-likeness (QED) is 0.117. The van der Waals surface area contributed by atoms with Crippen LogP contribution in [0.4, 0.5) is 11.8 Å². The highest BCUT2D eigenvalue weighted by molar-refractivity contribution is 5.84. The first-order valence-electron chi connectivity index (χ1n) is 16.5. The molecule has 4 heterocycles. The van der Waals surface area contributed by atoms with Gasteiger partial charge in [0.2, 0.25) is 5.95 Å². The number of imidazole rings is 1. The van der Waals surface area contributed by atoms with Crippen molar-refractivity contribution < 1.29 is 24.6 Å². The molecule has 0 bridgehead atoms. The van der Waals surface area contributed by atoms with E-state index in [1.165, 1.54) is 6.33 Å². The summed E-state index contributed by atoms with van der Waals surface area (Å²) in [6.07, 6.45) is -1.85. The number of aryl methyl sites for hydroxylation is 1. The molecule has 12 heteroatoms. The van der Waals surface area contributed by atoms with Crippen LogP contribution < -0.4 is 10.6 Å². The lowest BCUT2D eigenvalue weighted by atomic mass is 9.91. The fourth-order valence-corrected chi connectivity index (χ4v) is 6.28. The minimum Gasteiger partial charge on any atom is -0.394 e. The molecule has 3 aromatic carbocycles. The van der Waals surface area contributed by atoms with Crippen molar-refractivity contribution >= 4 is 22.9 Å². The summed E-state index contributed by atoms with van der Waals surface area (Å²) in [5.74, 6) is 1.05. The molecule has 0 saturated carbocycles. The van der Waals surface area contributed by atoms with Crippen LogP contribution in [0.25, 0.3) is 11.2 Å². The number of aliphatic hydroxyl groups excluding tert-OH is 3. The topological polar surface area (TPSA) is 164 Å². The van der Waals surface area contributed by atoms with Crippen molar-refractivity contribution in [3.05, 3.63) is 132 Å². The van der Waals surface area contributed by atoms with Gasteiger partial charge in [-0.25, -0.2) is 4.98 Å². The van der Waals surface area contributed by atoms with Crippen molar-refractivity contribution in [1.29, 1.82) is 0 Å². The molecule has 49 heavy (non-hydrogen) atoms. The van der Waals surface area contributed by atoms with Crippen LogP contribution >= 0.6 is 0 Å². The maximum Gasteiger partial charge on any atom is 0.227 e. The molecule has 1 fully saturated rings. The lowest BCUT2D eigenvalue weighted by Crippen LogP contribution is -2.29. The second kappa shape index (κ2) is 14.5. The molecule has 6 aromatic rings. The molecule has 0 radical (unpaired) electrons. The molecular formula is C37H39N7O5. The average molecular weight is 662 g/mol. The fraction of sp³-hybridized carbons (Fsp3) is 0.297. The summed E-state index contributed by atoms with van der Waals surface area (Å²) >= 11 is 0. The molecule has 7 rings (SSSR count). The molecule has 5 atom stereocenters. The number of rotatable bonds is 13. The standard InChI is InChI=1S/C37H39N7O5/c1-2-26-19-29(49-43-26)33-31(46)32(47)36(48-33)44-22-39-30-34(38-20-28(24-14-8-4-9-15-24)25-16-10-5-11-17-25)41-37(42-35(30)44)40-27(21-45)18-23-12-6-3-7-13-23/h3-17,19,22,27-28,31-33,36,45-47H,2,18,20-21H2,1H3,(H2,38,40,41,42)/t27?,31-,32+,33+,36+/m0/s1. The Hall–Kier alpha value is -5.14. The molecule has 1 aliphatic rings. The minimum atomic E-state index is -1.32. The second-order valence-electron chi connectivity index (χ2n) is 12.2. The van der Waals surface area contributed by atoms with Gasteiger partial charge in [0.25, 0.3) is 0 Å². The van der Waals surface area contributed by atoms with Gasteiger partial charge >= 0.3 is 0 Å². The van der Waals surface area contributed by atoms with Crippen LogP contribution in [0.2, 0.25) is 0 Å². The van der Waals surface area contributed by atoms with Crippen LogP contribution in [0, 0.1) is 0 Å². The number of nitrogens with one attached hydrogen (secondary N) is 2. The van der Waals surface area contributed by atoms with Gasteiger partial charge in [-0.05, 0) is 29.5 Å². The molecule has 1 saturated heterocycles. The van der Waals surface area contributed by atoms with Crippen LogP contribution in [0.15, 0.2) is 108 Å². The van der Waals surface area contributed by atoms with Gasteiger partial charge < -0.3 is 35.2 Å². The fourth-order valence-electron chi connectivity index (χ4n) is 6.28. The Labute approximate surface area is 283 Å². The van der Waals surface area contributed by atoms with Gasteiger partial charge in [0.05, 0.1) is 24.7 Å². The highest BCUT2D eigenvalue weighted by Gasteiger charge is 2.47.